The molecule has 0 unspecified atom stereocenters. The van der Waals surface area contributed by atoms with Gasteiger partial charge in [-0.05, 0) is 49.2 Å². The number of benzene rings is 2. The van der Waals surface area contributed by atoms with Crippen LogP contribution in [0.15, 0.2) is 48.5 Å². The van der Waals surface area contributed by atoms with Gasteiger partial charge in [-0.15, -0.1) is 11.6 Å². The Balaban J connectivity index is 2.20. The highest BCUT2D eigenvalue weighted by molar-refractivity contribution is 6.22. The molecular weight excluding hydrogens is 301 g/mol. The smallest absolute Gasteiger partial charge is 0.253 e. The molecular formula is C18H19ClFNO. The van der Waals surface area contributed by atoms with Crippen LogP contribution in [0.3, 0.4) is 0 Å². The molecule has 1 amide bonds. The molecule has 0 saturated carbocycles. The van der Waals surface area contributed by atoms with Crippen molar-refractivity contribution in [2.45, 2.75) is 19.2 Å². The molecule has 0 radical (unpaired) electrons. The molecule has 2 aromatic rings. The number of amides is 1. The van der Waals surface area contributed by atoms with Gasteiger partial charge in [0.25, 0.3) is 5.91 Å². The van der Waals surface area contributed by atoms with Gasteiger partial charge in [-0.25, -0.2) is 4.39 Å². The second-order valence-corrected chi connectivity index (χ2v) is 5.45. The number of rotatable bonds is 5. The van der Waals surface area contributed by atoms with E-state index in [1.54, 1.807) is 29.2 Å². The van der Waals surface area contributed by atoms with Gasteiger partial charge in [-0.3, -0.25) is 4.79 Å². The van der Waals surface area contributed by atoms with Gasteiger partial charge >= 0.3 is 0 Å². The Labute approximate surface area is 135 Å². The van der Waals surface area contributed by atoms with Crippen molar-refractivity contribution in [3.05, 3.63) is 71.0 Å². The van der Waals surface area contributed by atoms with E-state index in [0.29, 0.717) is 24.2 Å². The zero-order chi connectivity index (χ0) is 16.1. The molecule has 0 heterocycles. The lowest BCUT2D eigenvalue weighted by atomic mass is 10.0. The monoisotopic (exact) mass is 319 g/mol. The Morgan fingerprint density at radius 1 is 1.09 bits per heavy atom. The summed E-state index contributed by atoms with van der Waals surface area (Å²) in [6, 6.07) is 13.4. The lowest BCUT2D eigenvalue weighted by Gasteiger charge is -2.19. The Morgan fingerprint density at radius 2 is 1.73 bits per heavy atom. The first kappa shape index (κ1) is 16.5. The molecule has 22 heavy (non-hydrogen) atoms. The molecule has 0 N–H and O–H groups in total. The Morgan fingerprint density at radius 3 is 2.27 bits per heavy atom. The summed E-state index contributed by atoms with van der Waals surface area (Å²) in [5, 5.41) is -0.437. The summed E-state index contributed by atoms with van der Waals surface area (Å²) in [7, 11) is 0. The van der Waals surface area contributed by atoms with Crippen molar-refractivity contribution in [3.8, 4) is 0 Å². The number of hydrogen-bond acceptors (Lipinski definition) is 1. The number of carbonyl (C=O) groups is 1. The molecule has 2 aromatic carbocycles. The summed E-state index contributed by atoms with van der Waals surface area (Å²) >= 11 is 6.39. The van der Waals surface area contributed by atoms with Crippen LogP contribution in [0.4, 0.5) is 4.39 Å². The van der Waals surface area contributed by atoms with E-state index in [-0.39, 0.29) is 11.7 Å². The van der Waals surface area contributed by atoms with Gasteiger partial charge in [0.2, 0.25) is 0 Å². The van der Waals surface area contributed by atoms with Crippen LogP contribution in [0.2, 0.25) is 0 Å². The summed E-state index contributed by atoms with van der Waals surface area (Å²) < 4.78 is 13.3. The number of nitrogens with zero attached hydrogens (tertiary/aromatic N) is 1. The van der Waals surface area contributed by atoms with Crippen molar-refractivity contribution < 1.29 is 9.18 Å². The molecule has 0 aliphatic heterocycles. The minimum absolute atomic E-state index is 0.00780. The summed E-state index contributed by atoms with van der Waals surface area (Å²) in [4.78, 5) is 14.0. The molecule has 2 nitrogen and oxygen atoms in total. The van der Waals surface area contributed by atoms with Gasteiger partial charge < -0.3 is 4.90 Å². The average molecular weight is 320 g/mol. The van der Waals surface area contributed by atoms with Crippen LogP contribution in [0.1, 0.15) is 40.7 Å². The van der Waals surface area contributed by atoms with Gasteiger partial charge in [0.1, 0.15) is 5.82 Å². The van der Waals surface area contributed by atoms with Crippen LogP contribution in [0.25, 0.3) is 0 Å². The summed E-state index contributed by atoms with van der Waals surface area (Å²) in [5.74, 6) is -0.301. The van der Waals surface area contributed by atoms with Crippen LogP contribution >= 0.6 is 11.6 Å². The van der Waals surface area contributed by atoms with E-state index in [4.69, 9.17) is 11.6 Å². The molecule has 0 fully saturated rings. The molecule has 0 spiro atoms. The van der Waals surface area contributed by atoms with Gasteiger partial charge in [-0.2, -0.15) is 0 Å². The van der Waals surface area contributed by atoms with E-state index in [1.165, 1.54) is 12.1 Å². The molecule has 0 aliphatic carbocycles. The third-order valence-electron chi connectivity index (χ3n) is 3.64. The lowest BCUT2D eigenvalue weighted by Crippen LogP contribution is -2.30. The fraction of sp³-hybridized carbons (Fsp3) is 0.278. The topological polar surface area (TPSA) is 20.3 Å². The van der Waals surface area contributed by atoms with E-state index in [1.807, 2.05) is 26.0 Å². The fourth-order valence-corrected chi connectivity index (χ4v) is 2.63. The third-order valence-corrected chi connectivity index (χ3v) is 4.15. The largest absolute Gasteiger partial charge is 0.339 e. The Hall–Kier alpha value is -1.87. The first-order chi connectivity index (χ1) is 10.6. The highest BCUT2D eigenvalue weighted by Crippen LogP contribution is 2.29. The SMILES string of the molecule is CCN(CC)C(=O)c1ccc([C@H](Cl)c2cccc(F)c2)cc1. The van der Waals surface area contributed by atoms with Crippen molar-refractivity contribution in [2.24, 2.45) is 0 Å². The highest BCUT2D eigenvalue weighted by Gasteiger charge is 2.15. The number of carbonyl (C=O) groups excluding carboxylic acids is 1. The molecule has 4 heteroatoms. The molecule has 0 aromatic heterocycles. The molecule has 2 rings (SSSR count). The Kier molecular flexibility index (Phi) is 5.56. The fourth-order valence-electron chi connectivity index (χ4n) is 2.34. The van der Waals surface area contributed by atoms with Gasteiger partial charge in [0.15, 0.2) is 0 Å². The molecule has 0 saturated heterocycles. The van der Waals surface area contributed by atoms with Crippen molar-refractivity contribution >= 4 is 17.5 Å². The van der Waals surface area contributed by atoms with Crippen LogP contribution in [-0.4, -0.2) is 23.9 Å². The van der Waals surface area contributed by atoms with Crippen molar-refractivity contribution in [1.29, 1.82) is 0 Å². The quantitative estimate of drug-likeness (QED) is 0.735. The van der Waals surface area contributed by atoms with Gasteiger partial charge in [-0.1, -0.05) is 24.3 Å². The third kappa shape index (κ3) is 3.66. The maximum atomic E-state index is 13.3. The summed E-state index contributed by atoms with van der Waals surface area (Å²) in [6.07, 6.45) is 0. The summed E-state index contributed by atoms with van der Waals surface area (Å²) in [6.45, 7) is 5.26. The van der Waals surface area contributed by atoms with E-state index >= 15 is 0 Å². The zero-order valence-electron chi connectivity index (χ0n) is 12.7. The summed E-state index contributed by atoms with van der Waals surface area (Å²) in [5.41, 5.74) is 2.17. The van der Waals surface area contributed by atoms with Crippen molar-refractivity contribution in [3.63, 3.8) is 0 Å². The van der Waals surface area contributed by atoms with Crippen LogP contribution in [0, 0.1) is 5.82 Å². The van der Waals surface area contributed by atoms with Gasteiger partial charge in [0.05, 0.1) is 5.38 Å². The van der Waals surface area contributed by atoms with E-state index in [9.17, 15) is 9.18 Å². The molecule has 0 bridgehead atoms. The maximum Gasteiger partial charge on any atom is 0.253 e. The number of halogens is 2. The van der Waals surface area contributed by atoms with E-state index in [2.05, 4.69) is 0 Å². The average Bonchev–Trinajstić information content (AvgIpc) is 2.55. The molecule has 116 valence electrons. The predicted molar refractivity (Wildman–Crippen MR) is 87.8 cm³/mol. The minimum Gasteiger partial charge on any atom is -0.339 e. The van der Waals surface area contributed by atoms with E-state index < -0.39 is 5.38 Å². The van der Waals surface area contributed by atoms with Crippen LogP contribution in [0.5, 0.6) is 0 Å². The lowest BCUT2D eigenvalue weighted by molar-refractivity contribution is 0.0773. The second kappa shape index (κ2) is 7.41. The molecule has 1 atom stereocenters. The Bertz CT molecular complexity index is 638. The van der Waals surface area contributed by atoms with Crippen molar-refractivity contribution in [2.75, 3.05) is 13.1 Å². The van der Waals surface area contributed by atoms with Crippen molar-refractivity contribution in [1.82, 2.24) is 4.90 Å². The van der Waals surface area contributed by atoms with Gasteiger partial charge in [0, 0.05) is 18.7 Å². The zero-order valence-corrected chi connectivity index (χ0v) is 13.5. The van der Waals surface area contributed by atoms with Crippen LogP contribution in [-0.2, 0) is 0 Å². The van der Waals surface area contributed by atoms with Crippen LogP contribution < -0.4 is 0 Å². The number of hydrogen-bond donors (Lipinski definition) is 0. The number of alkyl halides is 1. The first-order valence-corrected chi connectivity index (χ1v) is 7.79. The first-order valence-electron chi connectivity index (χ1n) is 7.35. The standard InChI is InChI=1S/C18H19ClFNO/c1-3-21(4-2)18(22)14-10-8-13(9-11-14)17(19)15-6-5-7-16(20)12-15/h5-12,17H,3-4H2,1-2H3/t17-/m0/s1. The normalized spacial score (nSPS) is 12.0. The molecule has 0 aliphatic rings. The predicted octanol–water partition coefficient (Wildman–Crippen LogP) is 4.64. The highest BCUT2D eigenvalue weighted by atomic mass is 35.5. The minimum atomic E-state index is -0.437. The maximum absolute atomic E-state index is 13.3. The second-order valence-electron chi connectivity index (χ2n) is 5.02. The van der Waals surface area contributed by atoms with E-state index in [0.717, 1.165) is 5.56 Å².